The van der Waals surface area contributed by atoms with Crippen LogP contribution in [0.4, 0.5) is 4.39 Å². The highest BCUT2D eigenvalue weighted by atomic mass is 35.5. The Morgan fingerprint density at radius 3 is 2.62 bits per heavy atom. The normalized spacial score (nSPS) is 10.4. The highest BCUT2D eigenvalue weighted by Gasteiger charge is 2.14. The first kappa shape index (κ1) is 20.3. The zero-order valence-corrected chi connectivity index (χ0v) is 15.6. The minimum Gasteiger partial charge on any atom is -0.455 e. The van der Waals surface area contributed by atoms with Gasteiger partial charge in [0.15, 0.2) is 6.61 Å². The molecule has 0 heterocycles. The van der Waals surface area contributed by atoms with Crippen LogP contribution in [0.2, 0.25) is 5.02 Å². The topological polar surface area (TPSA) is 55.4 Å². The summed E-state index contributed by atoms with van der Waals surface area (Å²) >= 11 is 7.56. The smallest absolute Gasteiger partial charge is 0.310 e. The Kier molecular flexibility index (Phi) is 8.44. The van der Waals surface area contributed by atoms with Crippen molar-refractivity contribution in [3.8, 4) is 0 Å². The number of esters is 1. The van der Waals surface area contributed by atoms with E-state index in [0.29, 0.717) is 6.54 Å². The summed E-state index contributed by atoms with van der Waals surface area (Å²) in [4.78, 5) is 24.6. The number of carbonyl (C=O) groups is 2. The lowest BCUT2D eigenvalue weighted by atomic mass is 10.1. The van der Waals surface area contributed by atoms with E-state index in [2.05, 4.69) is 5.32 Å². The van der Waals surface area contributed by atoms with Gasteiger partial charge in [0.25, 0.3) is 5.91 Å². The molecular formula is C19H19ClFNO3S. The van der Waals surface area contributed by atoms with Crippen LogP contribution in [0.1, 0.15) is 12.0 Å². The average Bonchev–Trinajstić information content (AvgIpc) is 2.64. The van der Waals surface area contributed by atoms with Gasteiger partial charge < -0.3 is 10.1 Å². The molecule has 0 aliphatic carbocycles. The van der Waals surface area contributed by atoms with Gasteiger partial charge in [-0.05, 0) is 36.4 Å². The number of ether oxygens (including phenoxy) is 1. The van der Waals surface area contributed by atoms with Crippen LogP contribution in [0.15, 0.2) is 53.4 Å². The average molecular weight is 396 g/mol. The maximum atomic E-state index is 13.6. The van der Waals surface area contributed by atoms with Crippen LogP contribution >= 0.6 is 23.4 Å². The van der Waals surface area contributed by atoms with E-state index in [9.17, 15) is 14.0 Å². The fraction of sp³-hybridized carbons (Fsp3) is 0.263. The summed E-state index contributed by atoms with van der Waals surface area (Å²) in [7, 11) is 0. The number of hydrogen-bond acceptors (Lipinski definition) is 4. The van der Waals surface area contributed by atoms with E-state index in [0.717, 1.165) is 12.2 Å². The molecule has 0 unspecified atom stereocenters. The first-order valence-electron chi connectivity index (χ1n) is 8.09. The predicted octanol–water partition coefficient (Wildman–Crippen LogP) is 3.86. The van der Waals surface area contributed by atoms with Crippen molar-refractivity contribution >= 4 is 35.2 Å². The minimum atomic E-state index is -0.702. The SMILES string of the molecule is O=C(COC(=O)Cc1c(F)cccc1Cl)NCCCSc1ccccc1. The molecular weight excluding hydrogens is 377 g/mol. The number of thioether (sulfide) groups is 1. The van der Waals surface area contributed by atoms with Gasteiger partial charge in [0.2, 0.25) is 0 Å². The molecule has 0 aromatic heterocycles. The summed E-state index contributed by atoms with van der Waals surface area (Å²) in [6.07, 6.45) is 0.483. The highest BCUT2D eigenvalue weighted by Crippen LogP contribution is 2.19. The number of benzene rings is 2. The lowest BCUT2D eigenvalue weighted by Gasteiger charge is -2.08. The second-order valence-electron chi connectivity index (χ2n) is 5.40. The van der Waals surface area contributed by atoms with Gasteiger partial charge in [0.05, 0.1) is 6.42 Å². The highest BCUT2D eigenvalue weighted by molar-refractivity contribution is 7.99. The third-order valence-electron chi connectivity index (χ3n) is 3.40. The third-order valence-corrected chi connectivity index (χ3v) is 4.85. The van der Waals surface area contributed by atoms with Crippen LogP contribution in [0.5, 0.6) is 0 Å². The zero-order valence-electron chi connectivity index (χ0n) is 14.0. The van der Waals surface area contributed by atoms with E-state index in [-0.39, 0.29) is 22.9 Å². The number of hydrogen-bond donors (Lipinski definition) is 1. The van der Waals surface area contributed by atoms with Crippen molar-refractivity contribution in [2.24, 2.45) is 0 Å². The van der Waals surface area contributed by atoms with Gasteiger partial charge >= 0.3 is 5.97 Å². The fourth-order valence-electron chi connectivity index (χ4n) is 2.10. The van der Waals surface area contributed by atoms with E-state index in [4.69, 9.17) is 16.3 Å². The van der Waals surface area contributed by atoms with E-state index >= 15 is 0 Å². The van der Waals surface area contributed by atoms with Gasteiger partial charge in [-0.25, -0.2) is 4.39 Å². The Morgan fingerprint density at radius 1 is 1.12 bits per heavy atom. The van der Waals surface area contributed by atoms with E-state index in [1.54, 1.807) is 11.8 Å². The predicted molar refractivity (Wildman–Crippen MR) is 101 cm³/mol. The molecule has 2 rings (SSSR count). The second-order valence-corrected chi connectivity index (χ2v) is 6.98. The van der Waals surface area contributed by atoms with Crippen molar-refractivity contribution in [3.63, 3.8) is 0 Å². The van der Waals surface area contributed by atoms with E-state index < -0.39 is 18.4 Å². The van der Waals surface area contributed by atoms with E-state index in [1.165, 1.54) is 23.1 Å². The Morgan fingerprint density at radius 2 is 1.88 bits per heavy atom. The van der Waals surface area contributed by atoms with Crippen LogP contribution in [0.25, 0.3) is 0 Å². The molecule has 2 aromatic carbocycles. The minimum absolute atomic E-state index is 0.0671. The van der Waals surface area contributed by atoms with Crippen LogP contribution in [-0.4, -0.2) is 30.8 Å². The monoisotopic (exact) mass is 395 g/mol. The molecule has 0 spiro atoms. The maximum Gasteiger partial charge on any atom is 0.310 e. The number of carbonyl (C=O) groups excluding carboxylic acids is 2. The summed E-state index contributed by atoms with van der Waals surface area (Å²) in [6.45, 7) is 0.103. The van der Waals surface area contributed by atoms with Crippen molar-refractivity contribution < 1.29 is 18.7 Å². The summed E-state index contributed by atoms with van der Waals surface area (Å²) in [5, 5.41) is 2.84. The van der Waals surface area contributed by atoms with Gasteiger partial charge in [0.1, 0.15) is 5.82 Å². The molecule has 26 heavy (non-hydrogen) atoms. The first-order valence-corrected chi connectivity index (χ1v) is 9.45. The third kappa shape index (κ3) is 7.06. The standard InChI is InChI=1S/C19H19ClFNO3S/c20-16-8-4-9-17(21)15(16)12-19(24)25-13-18(23)22-10-5-11-26-14-6-2-1-3-7-14/h1-4,6-9H,5,10-13H2,(H,22,23). The largest absolute Gasteiger partial charge is 0.455 e. The van der Waals surface area contributed by atoms with Crippen molar-refractivity contribution in [1.82, 2.24) is 5.32 Å². The van der Waals surface area contributed by atoms with Crippen molar-refractivity contribution in [1.29, 1.82) is 0 Å². The van der Waals surface area contributed by atoms with Gasteiger partial charge in [-0.1, -0.05) is 35.9 Å². The van der Waals surface area contributed by atoms with E-state index in [1.807, 2.05) is 30.3 Å². The van der Waals surface area contributed by atoms with Crippen LogP contribution in [0, 0.1) is 5.82 Å². The molecule has 0 saturated carbocycles. The van der Waals surface area contributed by atoms with Crippen molar-refractivity contribution in [3.05, 3.63) is 64.9 Å². The number of amides is 1. The Hall–Kier alpha value is -2.05. The molecule has 0 bridgehead atoms. The second kappa shape index (κ2) is 10.8. The molecule has 0 aliphatic heterocycles. The lowest BCUT2D eigenvalue weighted by molar-refractivity contribution is -0.147. The molecule has 7 heteroatoms. The Bertz CT molecular complexity index is 723. The van der Waals surface area contributed by atoms with Gasteiger partial charge in [0, 0.05) is 22.0 Å². The number of rotatable bonds is 9. The maximum absolute atomic E-state index is 13.6. The zero-order chi connectivity index (χ0) is 18.8. The fourth-order valence-corrected chi connectivity index (χ4v) is 3.20. The molecule has 2 aromatic rings. The molecule has 1 amide bonds. The quantitative estimate of drug-likeness (QED) is 0.398. The molecule has 0 aliphatic rings. The van der Waals surface area contributed by atoms with Gasteiger partial charge in [-0.3, -0.25) is 9.59 Å². The first-order chi connectivity index (χ1) is 12.6. The van der Waals surface area contributed by atoms with Gasteiger partial charge in [-0.15, -0.1) is 11.8 Å². The molecule has 0 atom stereocenters. The van der Waals surface area contributed by atoms with Crippen molar-refractivity contribution in [2.45, 2.75) is 17.7 Å². The summed E-state index contributed by atoms with van der Waals surface area (Å²) in [5.74, 6) is -0.792. The summed E-state index contributed by atoms with van der Waals surface area (Å²) < 4.78 is 18.5. The van der Waals surface area contributed by atoms with Crippen LogP contribution < -0.4 is 5.32 Å². The van der Waals surface area contributed by atoms with Crippen LogP contribution in [0.3, 0.4) is 0 Å². The Labute approximate surface area is 161 Å². The molecule has 0 saturated heterocycles. The van der Waals surface area contributed by atoms with Crippen molar-refractivity contribution in [2.75, 3.05) is 18.9 Å². The molecule has 0 fully saturated rings. The summed E-state index contributed by atoms with van der Waals surface area (Å²) in [6, 6.07) is 14.2. The Balaban J connectivity index is 1.60. The molecule has 1 N–H and O–H groups in total. The number of nitrogens with one attached hydrogen (secondary N) is 1. The van der Waals surface area contributed by atoms with Crippen LogP contribution in [-0.2, 0) is 20.7 Å². The lowest BCUT2D eigenvalue weighted by Crippen LogP contribution is -2.30. The molecule has 138 valence electrons. The summed E-state index contributed by atoms with van der Waals surface area (Å²) in [5.41, 5.74) is 0.0671. The molecule has 0 radical (unpaired) electrons. The number of halogens is 2. The molecule has 4 nitrogen and oxygen atoms in total. The van der Waals surface area contributed by atoms with Gasteiger partial charge in [-0.2, -0.15) is 0 Å².